The summed E-state index contributed by atoms with van der Waals surface area (Å²) in [6.07, 6.45) is 0. The molecule has 0 radical (unpaired) electrons. The summed E-state index contributed by atoms with van der Waals surface area (Å²) < 4.78 is 18.7. The quantitative estimate of drug-likeness (QED) is 0.917. The van der Waals surface area contributed by atoms with E-state index in [4.69, 9.17) is 4.42 Å². The highest BCUT2D eigenvalue weighted by atomic mass is 79.9. The smallest absolute Gasteiger partial charge is 0.117 e. The zero-order valence-electron chi connectivity index (χ0n) is 9.98. The van der Waals surface area contributed by atoms with Gasteiger partial charge in [0, 0.05) is 4.47 Å². The highest BCUT2D eigenvalue weighted by molar-refractivity contribution is 9.10. The Hall–Kier alpha value is -0.910. The molecule has 1 N–H and O–H groups in total. The van der Waals surface area contributed by atoms with Crippen molar-refractivity contribution in [2.75, 3.05) is 7.05 Å². The van der Waals surface area contributed by atoms with E-state index in [0.717, 1.165) is 20.9 Å². The maximum Gasteiger partial charge on any atom is 0.117 e. The topological polar surface area (TPSA) is 42.2 Å². The third kappa shape index (κ3) is 3.31. The minimum atomic E-state index is -1.10. The van der Waals surface area contributed by atoms with E-state index in [1.807, 2.05) is 43.4 Å². The summed E-state index contributed by atoms with van der Waals surface area (Å²) in [5.74, 6) is 2.00. The number of hydrogen-bond donors (Lipinski definition) is 1. The van der Waals surface area contributed by atoms with E-state index >= 15 is 0 Å². The lowest BCUT2D eigenvalue weighted by Crippen LogP contribution is -2.03. The normalized spacial score (nSPS) is 12.6. The van der Waals surface area contributed by atoms with Gasteiger partial charge >= 0.3 is 0 Å². The molecule has 0 aliphatic heterocycles. The highest BCUT2D eigenvalue weighted by Gasteiger charge is 2.11. The second kappa shape index (κ2) is 6.31. The van der Waals surface area contributed by atoms with Crippen molar-refractivity contribution in [1.82, 2.24) is 5.32 Å². The number of furan rings is 1. The monoisotopic (exact) mass is 327 g/mol. The van der Waals surface area contributed by atoms with Crippen molar-refractivity contribution in [2.24, 2.45) is 0 Å². The summed E-state index contributed by atoms with van der Waals surface area (Å²) >= 11 is 3.41. The molecule has 3 nitrogen and oxygen atoms in total. The van der Waals surface area contributed by atoms with Crippen LogP contribution in [0.15, 0.2) is 50.2 Å². The molecule has 1 aromatic heterocycles. The molecule has 1 atom stereocenters. The standard InChI is InChI=1S/C13H14BrNO2S/c1-15-8-10-6-7-11(17-10)9-18(16)13-5-3-2-4-12(13)14/h2-7,15H,8-9H2,1H3. The highest BCUT2D eigenvalue weighted by Crippen LogP contribution is 2.22. The van der Waals surface area contributed by atoms with Crippen LogP contribution in [0.4, 0.5) is 0 Å². The van der Waals surface area contributed by atoms with Gasteiger partial charge in [0.25, 0.3) is 0 Å². The average molecular weight is 328 g/mol. The molecular formula is C13H14BrNO2S. The van der Waals surface area contributed by atoms with Gasteiger partial charge in [0.1, 0.15) is 11.5 Å². The molecule has 5 heteroatoms. The average Bonchev–Trinajstić information content (AvgIpc) is 2.77. The van der Waals surface area contributed by atoms with E-state index < -0.39 is 10.8 Å². The first-order valence-corrected chi connectivity index (χ1v) is 7.67. The van der Waals surface area contributed by atoms with Crippen LogP contribution in [0.1, 0.15) is 11.5 Å². The van der Waals surface area contributed by atoms with Crippen LogP contribution < -0.4 is 5.32 Å². The van der Waals surface area contributed by atoms with Crippen LogP contribution in [-0.4, -0.2) is 11.3 Å². The zero-order chi connectivity index (χ0) is 13.0. The van der Waals surface area contributed by atoms with Crippen molar-refractivity contribution in [2.45, 2.75) is 17.2 Å². The predicted molar refractivity (Wildman–Crippen MR) is 75.7 cm³/mol. The van der Waals surface area contributed by atoms with Crippen molar-refractivity contribution in [3.63, 3.8) is 0 Å². The third-order valence-corrected chi connectivity index (χ3v) is 4.77. The molecule has 1 aromatic carbocycles. The van der Waals surface area contributed by atoms with Gasteiger partial charge in [-0.2, -0.15) is 0 Å². The van der Waals surface area contributed by atoms with Gasteiger partial charge in [-0.15, -0.1) is 0 Å². The second-order valence-corrected chi connectivity index (χ2v) is 6.09. The van der Waals surface area contributed by atoms with Crippen LogP contribution in [0.25, 0.3) is 0 Å². The summed E-state index contributed by atoms with van der Waals surface area (Å²) in [6.45, 7) is 0.682. The van der Waals surface area contributed by atoms with E-state index in [9.17, 15) is 4.21 Å². The predicted octanol–water partition coefficient (Wildman–Crippen LogP) is 3.07. The number of halogens is 1. The van der Waals surface area contributed by atoms with Crippen LogP contribution in [0.3, 0.4) is 0 Å². The van der Waals surface area contributed by atoms with Gasteiger partial charge in [-0.05, 0) is 47.2 Å². The molecule has 1 heterocycles. The first kappa shape index (κ1) is 13.5. The molecule has 0 saturated carbocycles. The zero-order valence-corrected chi connectivity index (χ0v) is 12.4. The van der Waals surface area contributed by atoms with Crippen LogP contribution in [0, 0.1) is 0 Å². The van der Waals surface area contributed by atoms with Crippen LogP contribution in [-0.2, 0) is 23.1 Å². The minimum absolute atomic E-state index is 0.395. The summed E-state index contributed by atoms with van der Waals surface area (Å²) in [4.78, 5) is 0.795. The molecule has 1 unspecified atom stereocenters. The lowest BCUT2D eigenvalue weighted by Gasteiger charge is -2.02. The molecule has 18 heavy (non-hydrogen) atoms. The van der Waals surface area contributed by atoms with Crippen molar-refractivity contribution >= 4 is 26.7 Å². The molecule has 0 saturated heterocycles. The molecule has 2 aromatic rings. The van der Waals surface area contributed by atoms with Crippen molar-refractivity contribution in [3.05, 3.63) is 52.4 Å². The Kier molecular flexibility index (Phi) is 4.74. The Labute approximate surface area is 117 Å². The Morgan fingerprint density at radius 1 is 1.22 bits per heavy atom. The van der Waals surface area contributed by atoms with Crippen molar-refractivity contribution < 1.29 is 8.63 Å². The lowest BCUT2D eigenvalue weighted by molar-refractivity contribution is 0.467. The van der Waals surface area contributed by atoms with E-state index in [1.165, 1.54) is 0 Å². The fraction of sp³-hybridized carbons (Fsp3) is 0.231. The molecule has 0 aliphatic carbocycles. The lowest BCUT2D eigenvalue weighted by atomic mass is 10.4. The van der Waals surface area contributed by atoms with Gasteiger partial charge in [0.15, 0.2) is 0 Å². The summed E-state index contributed by atoms with van der Waals surface area (Å²) in [7, 11) is 0.765. The number of hydrogen-bond acceptors (Lipinski definition) is 3. The molecule has 96 valence electrons. The molecule has 0 bridgehead atoms. The Balaban J connectivity index is 2.09. The summed E-state index contributed by atoms with van der Waals surface area (Å²) in [5.41, 5.74) is 0. The van der Waals surface area contributed by atoms with Crippen LogP contribution in [0.5, 0.6) is 0 Å². The number of benzene rings is 1. The SMILES string of the molecule is CNCc1ccc(CS(=O)c2ccccc2Br)o1. The molecule has 0 amide bonds. The minimum Gasteiger partial charge on any atom is -0.464 e. The fourth-order valence-corrected chi connectivity index (χ4v) is 3.52. The fourth-order valence-electron chi connectivity index (χ4n) is 1.61. The summed E-state index contributed by atoms with van der Waals surface area (Å²) in [5, 5.41) is 3.01. The summed E-state index contributed by atoms with van der Waals surface area (Å²) in [6, 6.07) is 11.3. The maximum atomic E-state index is 12.2. The first-order chi connectivity index (χ1) is 8.70. The molecule has 0 fully saturated rings. The van der Waals surface area contributed by atoms with Crippen LogP contribution in [0.2, 0.25) is 0 Å². The van der Waals surface area contributed by atoms with Gasteiger partial charge in [-0.25, -0.2) is 0 Å². The van der Waals surface area contributed by atoms with Gasteiger partial charge < -0.3 is 9.73 Å². The largest absolute Gasteiger partial charge is 0.464 e. The first-order valence-electron chi connectivity index (χ1n) is 5.56. The van der Waals surface area contributed by atoms with E-state index in [-0.39, 0.29) is 0 Å². The van der Waals surface area contributed by atoms with Gasteiger partial charge in [-0.3, -0.25) is 4.21 Å². The number of rotatable bonds is 5. The Morgan fingerprint density at radius 2 is 1.94 bits per heavy atom. The van der Waals surface area contributed by atoms with E-state index in [2.05, 4.69) is 21.2 Å². The van der Waals surface area contributed by atoms with Gasteiger partial charge in [0.05, 0.1) is 28.0 Å². The van der Waals surface area contributed by atoms with Gasteiger partial charge in [0.2, 0.25) is 0 Å². The molecule has 2 rings (SSSR count). The van der Waals surface area contributed by atoms with E-state index in [0.29, 0.717) is 12.3 Å². The Bertz CT molecular complexity index is 553. The van der Waals surface area contributed by atoms with Crippen molar-refractivity contribution in [1.29, 1.82) is 0 Å². The second-order valence-electron chi connectivity index (χ2n) is 3.82. The maximum absolute atomic E-state index is 12.2. The van der Waals surface area contributed by atoms with E-state index in [1.54, 1.807) is 0 Å². The molecule has 0 aliphatic rings. The van der Waals surface area contributed by atoms with Gasteiger partial charge in [-0.1, -0.05) is 12.1 Å². The number of nitrogens with one attached hydrogen (secondary N) is 1. The molecular weight excluding hydrogens is 314 g/mol. The molecule has 0 spiro atoms. The Morgan fingerprint density at radius 3 is 2.67 bits per heavy atom. The third-order valence-electron chi connectivity index (χ3n) is 2.42. The van der Waals surface area contributed by atoms with Crippen molar-refractivity contribution in [3.8, 4) is 0 Å². The van der Waals surface area contributed by atoms with Crippen LogP contribution >= 0.6 is 15.9 Å².